The minimum Gasteiger partial charge on any atom is -0.495 e. The summed E-state index contributed by atoms with van der Waals surface area (Å²) >= 11 is 3.38. The third-order valence-corrected chi connectivity index (χ3v) is 2.44. The van der Waals surface area contributed by atoms with E-state index >= 15 is 0 Å². The Labute approximate surface area is 80.1 Å². The van der Waals surface area contributed by atoms with Gasteiger partial charge in [0.05, 0.1) is 17.3 Å². The van der Waals surface area contributed by atoms with Crippen LogP contribution in [0.25, 0.3) is 0 Å². The second-order valence-electron chi connectivity index (χ2n) is 2.44. The molecule has 0 aliphatic carbocycles. The van der Waals surface area contributed by atoms with Crippen LogP contribution in [0, 0.1) is 6.92 Å². The summed E-state index contributed by atoms with van der Waals surface area (Å²) in [4.78, 5) is 4.15. The molecule has 0 unspecified atom stereocenters. The first kappa shape index (κ1) is 9.48. The van der Waals surface area contributed by atoms with Gasteiger partial charge < -0.3 is 10.5 Å². The van der Waals surface area contributed by atoms with Crippen molar-refractivity contribution in [3.05, 3.63) is 21.9 Å². The molecule has 2 N–H and O–H groups in total. The van der Waals surface area contributed by atoms with E-state index in [1.807, 2.05) is 6.92 Å². The summed E-state index contributed by atoms with van der Waals surface area (Å²) in [6.07, 6.45) is 1.76. The molecule has 0 spiro atoms. The molecule has 3 nitrogen and oxygen atoms in total. The van der Waals surface area contributed by atoms with Crippen LogP contribution in [0.3, 0.4) is 0 Å². The van der Waals surface area contributed by atoms with E-state index in [2.05, 4.69) is 20.9 Å². The number of pyridine rings is 1. The zero-order chi connectivity index (χ0) is 9.14. The Hall–Kier alpha value is -0.610. The standard InChI is InChI=1S/C8H11BrN2O/c1-5-4-11-6(3-10)7(9)8(5)12-2/h4H,3,10H2,1-2H3. The topological polar surface area (TPSA) is 48.1 Å². The van der Waals surface area contributed by atoms with E-state index in [1.165, 1.54) is 0 Å². The molecule has 0 atom stereocenters. The highest BCUT2D eigenvalue weighted by atomic mass is 79.9. The Morgan fingerprint density at radius 3 is 2.83 bits per heavy atom. The van der Waals surface area contributed by atoms with Crippen LogP contribution >= 0.6 is 15.9 Å². The van der Waals surface area contributed by atoms with Gasteiger partial charge in [-0.25, -0.2) is 0 Å². The molecule has 1 aromatic rings. The van der Waals surface area contributed by atoms with E-state index in [0.29, 0.717) is 6.54 Å². The molecule has 12 heavy (non-hydrogen) atoms. The highest BCUT2D eigenvalue weighted by molar-refractivity contribution is 9.10. The first-order valence-corrected chi connectivity index (χ1v) is 4.38. The molecule has 0 aromatic carbocycles. The Bertz CT molecular complexity index is 289. The molecule has 0 radical (unpaired) electrons. The molecule has 1 aromatic heterocycles. The summed E-state index contributed by atoms with van der Waals surface area (Å²) in [5.41, 5.74) is 7.29. The summed E-state index contributed by atoms with van der Waals surface area (Å²) in [6, 6.07) is 0. The molecule has 4 heteroatoms. The lowest BCUT2D eigenvalue weighted by Gasteiger charge is -2.08. The van der Waals surface area contributed by atoms with E-state index in [4.69, 9.17) is 10.5 Å². The lowest BCUT2D eigenvalue weighted by atomic mass is 10.2. The molecule has 0 amide bonds. The fourth-order valence-corrected chi connectivity index (χ4v) is 1.73. The molecule has 0 fully saturated rings. The van der Waals surface area contributed by atoms with Gasteiger partial charge in [0.15, 0.2) is 0 Å². The van der Waals surface area contributed by atoms with E-state index in [0.717, 1.165) is 21.5 Å². The number of hydrogen-bond acceptors (Lipinski definition) is 3. The number of aryl methyl sites for hydroxylation is 1. The Morgan fingerprint density at radius 1 is 1.67 bits per heavy atom. The maximum atomic E-state index is 5.48. The largest absolute Gasteiger partial charge is 0.495 e. The maximum absolute atomic E-state index is 5.48. The van der Waals surface area contributed by atoms with Crippen LogP contribution < -0.4 is 10.5 Å². The smallest absolute Gasteiger partial charge is 0.139 e. The summed E-state index contributed by atoms with van der Waals surface area (Å²) in [7, 11) is 1.63. The number of aromatic nitrogens is 1. The lowest BCUT2D eigenvalue weighted by Crippen LogP contribution is -2.02. The van der Waals surface area contributed by atoms with Gasteiger partial charge in [-0.3, -0.25) is 4.98 Å². The number of nitrogens with two attached hydrogens (primary N) is 1. The van der Waals surface area contributed by atoms with Gasteiger partial charge in [-0.1, -0.05) is 0 Å². The summed E-state index contributed by atoms with van der Waals surface area (Å²) < 4.78 is 6.03. The van der Waals surface area contributed by atoms with Crippen molar-refractivity contribution in [2.45, 2.75) is 13.5 Å². The van der Waals surface area contributed by atoms with Crippen molar-refractivity contribution in [1.82, 2.24) is 4.98 Å². The summed E-state index contributed by atoms with van der Waals surface area (Å²) in [5.74, 6) is 0.811. The molecule has 0 bridgehead atoms. The molecule has 1 rings (SSSR count). The second kappa shape index (κ2) is 3.87. The van der Waals surface area contributed by atoms with Crippen molar-refractivity contribution in [1.29, 1.82) is 0 Å². The van der Waals surface area contributed by atoms with Crippen LogP contribution in [0.2, 0.25) is 0 Å². The van der Waals surface area contributed by atoms with Gasteiger partial charge in [-0.2, -0.15) is 0 Å². The summed E-state index contributed by atoms with van der Waals surface area (Å²) in [5, 5.41) is 0. The third-order valence-electron chi connectivity index (χ3n) is 1.62. The lowest BCUT2D eigenvalue weighted by molar-refractivity contribution is 0.407. The molecular weight excluding hydrogens is 220 g/mol. The molecule has 1 heterocycles. The zero-order valence-corrected chi connectivity index (χ0v) is 8.68. The van der Waals surface area contributed by atoms with Crippen LogP contribution in [0.15, 0.2) is 10.7 Å². The molecule has 0 saturated carbocycles. The number of nitrogens with zero attached hydrogens (tertiary/aromatic N) is 1. The zero-order valence-electron chi connectivity index (χ0n) is 7.10. The predicted molar refractivity (Wildman–Crippen MR) is 51.1 cm³/mol. The van der Waals surface area contributed by atoms with Crippen LogP contribution in [0.1, 0.15) is 11.3 Å². The molecule has 0 aliphatic heterocycles. The minimum absolute atomic E-state index is 0.414. The SMILES string of the molecule is COc1c(C)cnc(CN)c1Br. The quantitative estimate of drug-likeness (QED) is 0.841. The number of rotatable bonds is 2. The average Bonchev–Trinajstić information content (AvgIpc) is 2.06. The van der Waals surface area contributed by atoms with Crippen LogP contribution in [0.5, 0.6) is 5.75 Å². The van der Waals surface area contributed by atoms with E-state index in [-0.39, 0.29) is 0 Å². The van der Waals surface area contributed by atoms with Crippen LogP contribution in [-0.4, -0.2) is 12.1 Å². The van der Waals surface area contributed by atoms with Gasteiger partial charge >= 0.3 is 0 Å². The second-order valence-corrected chi connectivity index (χ2v) is 3.23. The normalized spacial score (nSPS) is 10.0. The fraction of sp³-hybridized carbons (Fsp3) is 0.375. The summed E-state index contributed by atoms with van der Waals surface area (Å²) in [6.45, 7) is 2.36. The number of ether oxygens (including phenoxy) is 1. The van der Waals surface area contributed by atoms with E-state index in [9.17, 15) is 0 Å². The highest BCUT2D eigenvalue weighted by Gasteiger charge is 2.08. The molecular formula is C8H11BrN2O. The van der Waals surface area contributed by atoms with Crippen molar-refractivity contribution in [2.75, 3.05) is 7.11 Å². The van der Waals surface area contributed by atoms with Crippen molar-refractivity contribution >= 4 is 15.9 Å². The van der Waals surface area contributed by atoms with Crippen LogP contribution in [0.4, 0.5) is 0 Å². The van der Waals surface area contributed by atoms with Crippen molar-refractivity contribution in [3.63, 3.8) is 0 Å². The monoisotopic (exact) mass is 230 g/mol. The Balaban J connectivity index is 3.24. The van der Waals surface area contributed by atoms with Gasteiger partial charge in [0, 0.05) is 18.3 Å². The predicted octanol–water partition coefficient (Wildman–Crippen LogP) is 1.62. The molecule has 0 aliphatic rings. The van der Waals surface area contributed by atoms with Gasteiger partial charge in [-0.15, -0.1) is 0 Å². The van der Waals surface area contributed by atoms with Gasteiger partial charge in [-0.05, 0) is 22.9 Å². The third kappa shape index (κ3) is 1.59. The van der Waals surface area contributed by atoms with Gasteiger partial charge in [0.25, 0.3) is 0 Å². The Kier molecular flexibility index (Phi) is 3.05. The van der Waals surface area contributed by atoms with Gasteiger partial charge in [0.2, 0.25) is 0 Å². The molecule has 0 saturated heterocycles. The average molecular weight is 231 g/mol. The van der Waals surface area contributed by atoms with E-state index in [1.54, 1.807) is 13.3 Å². The van der Waals surface area contributed by atoms with Crippen molar-refractivity contribution < 1.29 is 4.74 Å². The fourth-order valence-electron chi connectivity index (χ4n) is 0.987. The first-order valence-electron chi connectivity index (χ1n) is 3.58. The number of halogens is 1. The minimum atomic E-state index is 0.414. The molecule has 66 valence electrons. The van der Waals surface area contributed by atoms with Gasteiger partial charge in [0.1, 0.15) is 5.75 Å². The Morgan fingerprint density at radius 2 is 2.33 bits per heavy atom. The maximum Gasteiger partial charge on any atom is 0.139 e. The first-order chi connectivity index (χ1) is 5.70. The van der Waals surface area contributed by atoms with E-state index < -0.39 is 0 Å². The van der Waals surface area contributed by atoms with Crippen molar-refractivity contribution in [2.24, 2.45) is 5.73 Å². The van der Waals surface area contributed by atoms with Crippen LogP contribution in [-0.2, 0) is 6.54 Å². The number of methoxy groups -OCH3 is 1. The number of hydrogen-bond donors (Lipinski definition) is 1. The van der Waals surface area contributed by atoms with Crippen molar-refractivity contribution in [3.8, 4) is 5.75 Å². The highest BCUT2D eigenvalue weighted by Crippen LogP contribution is 2.29.